The fourth-order valence-electron chi connectivity index (χ4n) is 2.49. The van der Waals surface area contributed by atoms with Crippen molar-refractivity contribution in [1.82, 2.24) is 15.0 Å². The van der Waals surface area contributed by atoms with Gasteiger partial charge in [0.2, 0.25) is 0 Å². The zero-order chi connectivity index (χ0) is 18.1. The second kappa shape index (κ2) is 6.38. The summed E-state index contributed by atoms with van der Waals surface area (Å²) in [5.74, 6) is 0.554. The van der Waals surface area contributed by atoms with E-state index in [-0.39, 0.29) is 0 Å². The van der Waals surface area contributed by atoms with E-state index >= 15 is 0 Å². The van der Waals surface area contributed by atoms with Crippen LogP contribution in [0.4, 0.5) is 24.7 Å². The van der Waals surface area contributed by atoms with E-state index in [4.69, 9.17) is 0 Å². The minimum Gasteiger partial charge on any atom is -0.340 e. The predicted octanol–water partition coefficient (Wildman–Crippen LogP) is 5.52. The standard InChI is InChI=1S/C18H11F3N4S/c19-18(20,21)12-3-1-11(2-4-12)15-8-17(23-9-22-15)25-13-5-6-14-16(7-13)26-10-24-14/h1-10H,(H,22,23,25). The lowest BCUT2D eigenvalue weighted by atomic mass is 10.1. The predicted molar refractivity (Wildman–Crippen MR) is 95.4 cm³/mol. The Morgan fingerprint density at radius 2 is 1.69 bits per heavy atom. The van der Waals surface area contributed by atoms with Crippen molar-refractivity contribution >= 4 is 33.1 Å². The number of hydrogen-bond acceptors (Lipinski definition) is 5. The van der Waals surface area contributed by atoms with Crippen molar-refractivity contribution in [2.75, 3.05) is 5.32 Å². The third-order valence-electron chi connectivity index (χ3n) is 3.78. The molecule has 2 aromatic carbocycles. The molecule has 2 heterocycles. The van der Waals surface area contributed by atoms with Crippen LogP contribution in [-0.2, 0) is 6.18 Å². The highest BCUT2D eigenvalue weighted by Gasteiger charge is 2.30. The van der Waals surface area contributed by atoms with Crippen LogP contribution in [0.25, 0.3) is 21.5 Å². The molecule has 0 aliphatic rings. The molecule has 0 radical (unpaired) electrons. The molecule has 0 unspecified atom stereocenters. The molecule has 8 heteroatoms. The number of alkyl halides is 3. The molecule has 0 saturated carbocycles. The van der Waals surface area contributed by atoms with Crippen molar-refractivity contribution in [3.8, 4) is 11.3 Å². The molecule has 0 spiro atoms. The van der Waals surface area contributed by atoms with Gasteiger partial charge in [-0.15, -0.1) is 11.3 Å². The second-order valence-corrected chi connectivity index (χ2v) is 6.41. The van der Waals surface area contributed by atoms with Crippen molar-refractivity contribution < 1.29 is 13.2 Å². The highest BCUT2D eigenvalue weighted by Crippen LogP contribution is 2.31. The average molecular weight is 372 g/mol. The van der Waals surface area contributed by atoms with E-state index in [2.05, 4.69) is 20.3 Å². The maximum Gasteiger partial charge on any atom is 0.416 e. The largest absolute Gasteiger partial charge is 0.416 e. The van der Waals surface area contributed by atoms with Gasteiger partial charge in [-0.3, -0.25) is 0 Å². The summed E-state index contributed by atoms with van der Waals surface area (Å²) in [6, 6.07) is 12.3. The van der Waals surface area contributed by atoms with Gasteiger partial charge in [-0.25, -0.2) is 15.0 Å². The van der Waals surface area contributed by atoms with Gasteiger partial charge in [0.25, 0.3) is 0 Å². The minimum absolute atomic E-state index is 0.537. The van der Waals surface area contributed by atoms with Gasteiger partial charge < -0.3 is 5.32 Å². The Morgan fingerprint density at radius 1 is 0.885 bits per heavy atom. The van der Waals surface area contributed by atoms with Crippen LogP contribution >= 0.6 is 11.3 Å². The lowest BCUT2D eigenvalue weighted by molar-refractivity contribution is -0.137. The summed E-state index contributed by atoms with van der Waals surface area (Å²) < 4.78 is 39.1. The first-order valence-corrected chi connectivity index (χ1v) is 8.47. The normalized spacial score (nSPS) is 11.7. The van der Waals surface area contributed by atoms with Crippen LogP contribution in [0.2, 0.25) is 0 Å². The number of nitrogens with zero attached hydrogens (tertiary/aromatic N) is 3. The van der Waals surface area contributed by atoms with Crippen molar-refractivity contribution in [1.29, 1.82) is 0 Å². The number of nitrogens with one attached hydrogen (secondary N) is 1. The van der Waals surface area contributed by atoms with Gasteiger partial charge in [0, 0.05) is 17.3 Å². The molecule has 0 aliphatic heterocycles. The SMILES string of the molecule is FC(F)(F)c1ccc(-c2cc(Nc3ccc4ncsc4c3)ncn2)cc1. The Bertz CT molecular complexity index is 1060. The summed E-state index contributed by atoms with van der Waals surface area (Å²) in [5.41, 5.74) is 3.98. The van der Waals surface area contributed by atoms with Gasteiger partial charge >= 0.3 is 6.18 Å². The molecular formula is C18H11F3N4S. The topological polar surface area (TPSA) is 50.7 Å². The van der Waals surface area contributed by atoms with E-state index in [1.165, 1.54) is 29.8 Å². The monoisotopic (exact) mass is 372 g/mol. The Morgan fingerprint density at radius 3 is 2.46 bits per heavy atom. The lowest BCUT2D eigenvalue weighted by Crippen LogP contribution is -2.04. The quantitative estimate of drug-likeness (QED) is 0.515. The number of anilines is 2. The number of benzene rings is 2. The molecular weight excluding hydrogens is 361 g/mol. The second-order valence-electron chi connectivity index (χ2n) is 5.52. The van der Waals surface area contributed by atoms with Crippen LogP contribution in [-0.4, -0.2) is 15.0 Å². The molecule has 0 saturated heterocycles. The number of halogens is 3. The fraction of sp³-hybridized carbons (Fsp3) is 0.0556. The smallest absolute Gasteiger partial charge is 0.340 e. The van der Waals surface area contributed by atoms with Crippen molar-refractivity contribution in [3.63, 3.8) is 0 Å². The molecule has 0 fully saturated rings. The van der Waals surface area contributed by atoms with Crippen LogP contribution in [0.3, 0.4) is 0 Å². The van der Waals surface area contributed by atoms with Crippen molar-refractivity contribution in [3.05, 3.63) is 65.9 Å². The number of rotatable bonds is 3. The van der Waals surface area contributed by atoms with Crippen molar-refractivity contribution in [2.45, 2.75) is 6.18 Å². The Hall–Kier alpha value is -3.00. The zero-order valence-electron chi connectivity index (χ0n) is 13.2. The number of aromatic nitrogens is 3. The fourth-order valence-corrected chi connectivity index (χ4v) is 3.21. The maximum atomic E-state index is 12.7. The number of fused-ring (bicyclic) bond motifs is 1. The molecule has 1 N–H and O–H groups in total. The summed E-state index contributed by atoms with van der Waals surface area (Å²) in [6.45, 7) is 0. The molecule has 4 rings (SSSR count). The number of thiazole rings is 1. The van der Waals surface area contributed by atoms with E-state index in [9.17, 15) is 13.2 Å². The lowest BCUT2D eigenvalue weighted by Gasteiger charge is -2.09. The molecule has 4 aromatic rings. The molecule has 0 atom stereocenters. The molecule has 2 aromatic heterocycles. The van der Waals surface area contributed by atoms with Crippen LogP contribution < -0.4 is 5.32 Å². The molecule has 4 nitrogen and oxygen atoms in total. The van der Waals surface area contributed by atoms with E-state index < -0.39 is 11.7 Å². The minimum atomic E-state index is -4.35. The van der Waals surface area contributed by atoms with Gasteiger partial charge in [0.15, 0.2) is 0 Å². The molecule has 0 aliphatic carbocycles. The summed E-state index contributed by atoms with van der Waals surface area (Å²) in [7, 11) is 0. The van der Waals surface area contributed by atoms with Gasteiger partial charge in [0.05, 0.1) is 27.0 Å². The van der Waals surface area contributed by atoms with Crippen LogP contribution in [0.5, 0.6) is 0 Å². The molecule has 26 heavy (non-hydrogen) atoms. The third kappa shape index (κ3) is 3.36. The highest BCUT2D eigenvalue weighted by atomic mass is 32.1. The first kappa shape index (κ1) is 16.5. The molecule has 0 bridgehead atoms. The maximum absolute atomic E-state index is 12.7. The Labute approximate surface area is 150 Å². The average Bonchev–Trinajstić information content (AvgIpc) is 3.09. The van der Waals surface area contributed by atoms with Crippen LogP contribution in [0.15, 0.2) is 60.4 Å². The number of hydrogen-bond donors (Lipinski definition) is 1. The van der Waals surface area contributed by atoms with Gasteiger partial charge in [0.1, 0.15) is 12.1 Å². The first-order chi connectivity index (χ1) is 12.5. The molecule has 0 amide bonds. The summed E-state index contributed by atoms with van der Waals surface area (Å²) in [6.07, 6.45) is -2.98. The van der Waals surface area contributed by atoms with Gasteiger partial charge in [-0.05, 0) is 30.3 Å². The third-order valence-corrected chi connectivity index (χ3v) is 4.57. The summed E-state index contributed by atoms with van der Waals surface area (Å²) in [4.78, 5) is 12.5. The summed E-state index contributed by atoms with van der Waals surface area (Å²) >= 11 is 1.54. The molecule has 130 valence electrons. The van der Waals surface area contributed by atoms with E-state index in [0.717, 1.165) is 28.0 Å². The van der Waals surface area contributed by atoms with E-state index in [1.807, 2.05) is 18.2 Å². The Balaban J connectivity index is 1.60. The highest BCUT2D eigenvalue weighted by molar-refractivity contribution is 7.16. The van der Waals surface area contributed by atoms with E-state index in [0.29, 0.717) is 17.1 Å². The van der Waals surface area contributed by atoms with Gasteiger partial charge in [-0.2, -0.15) is 13.2 Å². The van der Waals surface area contributed by atoms with Gasteiger partial charge in [-0.1, -0.05) is 12.1 Å². The first-order valence-electron chi connectivity index (χ1n) is 7.59. The van der Waals surface area contributed by atoms with Crippen molar-refractivity contribution in [2.24, 2.45) is 0 Å². The Kier molecular flexibility index (Phi) is 4.04. The van der Waals surface area contributed by atoms with E-state index in [1.54, 1.807) is 11.6 Å². The summed E-state index contributed by atoms with van der Waals surface area (Å²) in [5, 5.41) is 3.18. The van der Waals surface area contributed by atoms with Crippen LogP contribution in [0.1, 0.15) is 5.56 Å². The zero-order valence-corrected chi connectivity index (χ0v) is 14.0. The van der Waals surface area contributed by atoms with Crippen LogP contribution in [0, 0.1) is 0 Å².